The normalized spacial score (nSPS) is 22.8. The summed E-state index contributed by atoms with van der Waals surface area (Å²) in [5, 5.41) is 0.483. The Hall–Kier alpha value is -0.196. The van der Waals surface area contributed by atoms with Gasteiger partial charge < -0.3 is 27.5 Å². The third-order valence-corrected chi connectivity index (χ3v) is 18.8. The first kappa shape index (κ1) is 37.8. The van der Waals surface area contributed by atoms with E-state index in [1.54, 1.807) is 0 Å². The molecule has 0 amide bonds. The van der Waals surface area contributed by atoms with E-state index in [0.29, 0.717) is 13.2 Å². The Morgan fingerprint density at radius 1 is 0.525 bits per heavy atom. The highest BCUT2D eigenvalue weighted by Gasteiger charge is 2.51. The van der Waals surface area contributed by atoms with Crippen molar-refractivity contribution in [2.75, 3.05) is 13.2 Å². The first-order valence-electron chi connectivity index (χ1n) is 14.9. The summed E-state index contributed by atoms with van der Waals surface area (Å²) in [5.74, 6) is 3.92. The highest BCUT2D eigenvalue weighted by atomic mass is 28.4. The lowest BCUT2D eigenvalue weighted by molar-refractivity contribution is 0.00578. The van der Waals surface area contributed by atoms with Gasteiger partial charge in [-0.3, -0.25) is 0 Å². The molecule has 6 nitrogen and oxygen atoms in total. The standard InChI is InChI=1S/2C15H31BO3Si/c2*1-13(2,3)20(8,9)17-12-10-11-16-18-14(4,5)15(6,7)19-16/h2*10-11H,12H2,1-9H3/b11-10+;11-10-. The summed E-state index contributed by atoms with van der Waals surface area (Å²) in [6.07, 6.45) is 4.03. The predicted molar refractivity (Wildman–Crippen MR) is 177 cm³/mol. The average molecular weight is 597 g/mol. The average Bonchev–Trinajstić information content (AvgIpc) is 3.06. The Kier molecular flexibility index (Phi) is 12.1. The maximum absolute atomic E-state index is 6.10. The van der Waals surface area contributed by atoms with Crippen LogP contribution >= 0.6 is 0 Å². The van der Waals surface area contributed by atoms with Crippen molar-refractivity contribution in [2.24, 2.45) is 0 Å². The molecule has 2 heterocycles. The zero-order valence-corrected chi connectivity index (χ0v) is 31.3. The number of hydrogen-bond acceptors (Lipinski definition) is 6. The number of rotatable bonds is 8. The van der Waals surface area contributed by atoms with Gasteiger partial charge in [0.25, 0.3) is 0 Å². The van der Waals surface area contributed by atoms with Crippen molar-refractivity contribution in [3.05, 3.63) is 24.1 Å². The van der Waals surface area contributed by atoms with Crippen LogP contribution in [0.2, 0.25) is 36.3 Å². The molecule has 232 valence electrons. The largest absolute Gasteiger partial charge is 0.486 e. The summed E-state index contributed by atoms with van der Waals surface area (Å²) in [7, 11) is -3.89. The molecule has 0 radical (unpaired) electrons. The Balaban J connectivity index is 0.000000400. The Labute approximate surface area is 250 Å². The summed E-state index contributed by atoms with van der Waals surface area (Å²) < 4.78 is 35.8. The molecule has 0 aromatic heterocycles. The van der Waals surface area contributed by atoms with Crippen molar-refractivity contribution >= 4 is 30.9 Å². The van der Waals surface area contributed by atoms with E-state index >= 15 is 0 Å². The van der Waals surface area contributed by atoms with E-state index < -0.39 is 16.6 Å². The summed E-state index contributed by atoms with van der Waals surface area (Å²) in [6, 6.07) is 0. The van der Waals surface area contributed by atoms with Gasteiger partial charge in [-0.25, -0.2) is 0 Å². The molecule has 0 saturated carbocycles. The van der Waals surface area contributed by atoms with Crippen molar-refractivity contribution < 1.29 is 27.5 Å². The molecule has 0 aromatic rings. The maximum atomic E-state index is 6.10. The molecule has 2 aliphatic heterocycles. The minimum Gasteiger partial charge on any atom is -0.413 e. The molecule has 40 heavy (non-hydrogen) atoms. The second kappa shape index (κ2) is 12.8. The fourth-order valence-corrected chi connectivity index (χ4v) is 5.11. The molecule has 2 rings (SSSR count). The molecule has 0 N–H and O–H groups in total. The molecule has 0 unspecified atom stereocenters. The zero-order chi connectivity index (χ0) is 31.6. The molecule has 0 bridgehead atoms. The lowest BCUT2D eigenvalue weighted by Gasteiger charge is -2.35. The van der Waals surface area contributed by atoms with Crippen LogP contribution in [0.25, 0.3) is 0 Å². The van der Waals surface area contributed by atoms with Crippen molar-refractivity contribution in [3.63, 3.8) is 0 Å². The third kappa shape index (κ3) is 9.93. The Morgan fingerprint density at radius 2 is 0.750 bits per heavy atom. The van der Waals surface area contributed by atoms with E-state index in [4.69, 9.17) is 27.5 Å². The molecular formula is C30H62B2O6Si2. The fraction of sp³-hybridized carbons (Fsp3) is 0.867. The van der Waals surface area contributed by atoms with Crippen LogP contribution in [0.1, 0.15) is 96.9 Å². The third-order valence-electron chi connectivity index (χ3n) is 9.82. The molecule has 10 heteroatoms. The van der Waals surface area contributed by atoms with Crippen LogP contribution in [0, 0.1) is 0 Å². The van der Waals surface area contributed by atoms with Gasteiger partial charge in [0.2, 0.25) is 0 Å². The first-order valence-corrected chi connectivity index (χ1v) is 20.7. The minimum atomic E-state index is -1.67. The second-order valence-corrected chi connectivity index (χ2v) is 25.9. The molecule has 0 aromatic carbocycles. The van der Waals surface area contributed by atoms with Crippen LogP contribution in [0.15, 0.2) is 24.1 Å². The lowest BCUT2D eigenvalue weighted by atomic mass is 9.90. The summed E-state index contributed by atoms with van der Waals surface area (Å²) >= 11 is 0. The number of hydrogen-bond donors (Lipinski definition) is 0. The lowest BCUT2D eigenvalue weighted by Crippen LogP contribution is -2.41. The summed E-state index contributed by atoms with van der Waals surface area (Å²) in [4.78, 5) is 0. The second-order valence-electron chi connectivity index (χ2n) is 16.2. The maximum Gasteiger partial charge on any atom is 0.486 e. The van der Waals surface area contributed by atoms with Gasteiger partial charge in [0.1, 0.15) is 0 Å². The van der Waals surface area contributed by atoms with Gasteiger partial charge in [0.15, 0.2) is 16.6 Å². The molecule has 0 aliphatic carbocycles. The Morgan fingerprint density at radius 3 is 0.950 bits per heavy atom. The first-order chi connectivity index (χ1) is 17.6. The van der Waals surface area contributed by atoms with Gasteiger partial charge in [-0.05, 0) is 91.7 Å². The van der Waals surface area contributed by atoms with Crippen LogP contribution in [-0.4, -0.2) is 66.5 Å². The van der Waals surface area contributed by atoms with Gasteiger partial charge >= 0.3 is 14.2 Å². The zero-order valence-electron chi connectivity index (χ0n) is 29.3. The molecule has 2 aliphatic rings. The fourth-order valence-electron chi connectivity index (χ4n) is 3.21. The van der Waals surface area contributed by atoms with E-state index in [2.05, 4.69) is 123 Å². The van der Waals surface area contributed by atoms with E-state index in [9.17, 15) is 0 Å². The quantitative estimate of drug-likeness (QED) is 0.263. The summed E-state index contributed by atoms with van der Waals surface area (Å²) in [5.41, 5.74) is -1.10. The molecule has 2 fully saturated rings. The van der Waals surface area contributed by atoms with Crippen molar-refractivity contribution in [2.45, 2.75) is 156 Å². The molecular weight excluding hydrogens is 534 g/mol. The Bertz CT molecular complexity index is 780. The van der Waals surface area contributed by atoms with E-state index in [-0.39, 0.29) is 46.7 Å². The van der Waals surface area contributed by atoms with E-state index in [1.807, 2.05) is 24.1 Å². The van der Waals surface area contributed by atoms with Crippen molar-refractivity contribution in [1.29, 1.82) is 0 Å². The van der Waals surface area contributed by atoms with Gasteiger partial charge in [0, 0.05) is 0 Å². The van der Waals surface area contributed by atoms with Gasteiger partial charge in [-0.1, -0.05) is 65.6 Å². The molecule has 0 spiro atoms. The van der Waals surface area contributed by atoms with Gasteiger partial charge in [0.05, 0.1) is 35.6 Å². The predicted octanol–water partition coefficient (Wildman–Crippen LogP) is 8.39. The monoisotopic (exact) mass is 596 g/mol. The van der Waals surface area contributed by atoms with Crippen molar-refractivity contribution in [1.82, 2.24) is 0 Å². The van der Waals surface area contributed by atoms with Crippen LogP contribution in [0.5, 0.6) is 0 Å². The van der Waals surface area contributed by atoms with Gasteiger partial charge in [-0.15, -0.1) is 0 Å². The van der Waals surface area contributed by atoms with E-state index in [0.717, 1.165) is 0 Å². The molecule has 2 saturated heterocycles. The smallest absolute Gasteiger partial charge is 0.413 e. The minimum absolute atomic E-state index is 0.241. The SMILES string of the molecule is CC1(C)OB(/C=C/CO[Si](C)(C)C(C)(C)C)OC1(C)C.CC1(C)OB(/C=C\CO[Si](C)(C)C(C)(C)C)OC1(C)C. The summed E-state index contributed by atoms with van der Waals surface area (Å²) in [6.45, 7) is 40.3. The molecule has 0 atom stereocenters. The van der Waals surface area contributed by atoms with Crippen LogP contribution in [-0.2, 0) is 27.5 Å². The van der Waals surface area contributed by atoms with Crippen molar-refractivity contribution in [3.8, 4) is 0 Å². The van der Waals surface area contributed by atoms with Crippen LogP contribution in [0.4, 0.5) is 0 Å². The highest BCUT2D eigenvalue weighted by molar-refractivity contribution is 6.74. The van der Waals surface area contributed by atoms with Crippen LogP contribution < -0.4 is 0 Å². The van der Waals surface area contributed by atoms with Gasteiger partial charge in [-0.2, -0.15) is 0 Å². The van der Waals surface area contributed by atoms with E-state index in [1.165, 1.54) is 0 Å². The topological polar surface area (TPSA) is 55.4 Å². The highest BCUT2D eigenvalue weighted by Crippen LogP contribution is 2.39. The van der Waals surface area contributed by atoms with Crippen LogP contribution in [0.3, 0.4) is 0 Å².